The number of hydrogen-bond acceptors (Lipinski definition) is 3. The highest BCUT2D eigenvalue weighted by Crippen LogP contribution is 2.18. The highest BCUT2D eigenvalue weighted by Gasteiger charge is 2.09. The first kappa shape index (κ1) is 12.2. The number of allylic oxidation sites excluding steroid dienone is 2. The highest BCUT2D eigenvalue weighted by atomic mass is 16.5. The Labute approximate surface area is 91.4 Å². The molecule has 0 saturated carbocycles. The quantitative estimate of drug-likeness (QED) is 0.501. The maximum absolute atomic E-state index is 11.4. The smallest absolute Gasteiger partial charge is 0.310 e. The van der Waals surface area contributed by atoms with Gasteiger partial charge in [0, 0.05) is 26.1 Å². The minimum atomic E-state index is -0.122. The molecule has 15 heavy (non-hydrogen) atoms. The molecule has 3 heteroatoms. The first-order chi connectivity index (χ1) is 7.33. The van der Waals surface area contributed by atoms with Crippen LogP contribution in [0.4, 0.5) is 0 Å². The number of hydrogen-bond donors (Lipinski definition) is 0. The van der Waals surface area contributed by atoms with E-state index in [9.17, 15) is 4.79 Å². The minimum absolute atomic E-state index is 0.122. The minimum Gasteiger partial charge on any atom is -0.431 e. The number of rotatable bonds is 6. The van der Waals surface area contributed by atoms with Gasteiger partial charge in [-0.05, 0) is 38.7 Å². The Morgan fingerprint density at radius 3 is 3.00 bits per heavy atom. The van der Waals surface area contributed by atoms with Gasteiger partial charge in [-0.15, -0.1) is 0 Å². The van der Waals surface area contributed by atoms with E-state index in [0.717, 1.165) is 31.4 Å². The summed E-state index contributed by atoms with van der Waals surface area (Å²) in [6.45, 7) is 3.30. The molecule has 1 rings (SSSR count). The van der Waals surface area contributed by atoms with Crippen molar-refractivity contribution in [2.45, 2.75) is 45.4 Å². The summed E-state index contributed by atoms with van der Waals surface area (Å²) in [5.41, 5.74) is 0. The lowest BCUT2D eigenvalue weighted by Crippen LogP contribution is -2.07. The lowest BCUT2D eigenvalue weighted by molar-refractivity contribution is -0.140. The van der Waals surface area contributed by atoms with Gasteiger partial charge in [-0.1, -0.05) is 0 Å². The molecular weight excluding hydrogens is 192 g/mol. The van der Waals surface area contributed by atoms with Crippen molar-refractivity contribution in [3.05, 3.63) is 11.8 Å². The van der Waals surface area contributed by atoms with Crippen LogP contribution in [0.25, 0.3) is 0 Å². The Kier molecular flexibility index (Phi) is 6.09. The van der Waals surface area contributed by atoms with Gasteiger partial charge in [-0.25, -0.2) is 0 Å². The molecule has 0 aromatic rings. The summed E-state index contributed by atoms with van der Waals surface area (Å²) >= 11 is 0. The van der Waals surface area contributed by atoms with E-state index in [4.69, 9.17) is 9.47 Å². The van der Waals surface area contributed by atoms with E-state index < -0.39 is 0 Å². The molecule has 0 bridgehead atoms. The zero-order valence-corrected chi connectivity index (χ0v) is 9.46. The number of carbonyl (C=O) groups is 1. The Hall–Kier alpha value is -0.830. The molecule has 0 atom stereocenters. The van der Waals surface area contributed by atoms with E-state index in [1.165, 1.54) is 6.42 Å². The van der Waals surface area contributed by atoms with Crippen LogP contribution in [0, 0.1) is 0 Å². The molecule has 0 amide bonds. The van der Waals surface area contributed by atoms with Crippen LogP contribution in [0.5, 0.6) is 0 Å². The summed E-state index contributed by atoms with van der Waals surface area (Å²) in [7, 11) is 0. The van der Waals surface area contributed by atoms with Crippen LogP contribution in [-0.2, 0) is 14.3 Å². The van der Waals surface area contributed by atoms with Crippen molar-refractivity contribution in [3.63, 3.8) is 0 Å². The number of ether oxygens (including phenoxy) is 2. The molecule has 0 aromatic carbocycles. The summed E-state index contributed by atoms with van der Waals surface area (Å²) in [5.74, 6) is 0.741. The molecule has 0 spiro atoms. The van der Waals surface area contributed by atoms with Crippen LogP contribution in [0.3, 0.4) is 0 Å². The fraction of sp³-hybridized carbons (Fsp3) is 0.750. The van der Waals surface area contributed by atoms with Crippen molar-refractivity contribution in [2.24, 2.45) is 0 Å². The van der Waals surface area contributed by atoms with Gasteiger partial charge in [-0.2, -0.15) is 0 Å². The average Bonchev–Trinajstić information content (AvgIpc) is 2.26. The van der Waals surface area contributed by atoms with Gasteiger partial charge in [0.2, 0.25) is 0 Å². The molecule has 1 aliphatic carbocycles. The highest BCUT2D eigenvalue weighted by molar-refractivity contribution is 5.70. The Morgan fingerprint density at radius 2 is 2.33 bits per heavy atom. The van der Waals surface area contributed by atoms with Gasteiger partial charge < -0.3 is 9.47 Å². The Balaban J connectivity index is 2.09. The predicted octanol–water partition coefficient (Wildman–Crippen LogP) is 2.80. The largest absolute Gasteiger partial charge is 0.431 e. The van der Waals surface area contributed by atoms with Gasteiger partial charge >= 0.3 is 5.97 Å². The lowest BCUT2D eigenvalue weighted by Gasteiger charge is -2.12. The fourth-order valence-corrected chi connectivity index (χ4v) is 1.56. The standard InChI is InChI=1S/C12H20O3/c1-2-14-10-6-9-12(13)15-11-7-4-3-5-8-11/h7H,2-6,8-10H2,1H3. The molecule has 0 aliphatic heterocycles. The summed E-state index contributed by atoms with van der Waals surface area (Å²) in [6.07, 6.45) is 7.55. The van der Waals surface area contributed by atoms with Gasteiger partial charge in [-0.3, -0.25) is 4.79 Å². The zero-order valence-electron chi connectivity index (χ0n) is 9.46. The second kappa shape index (κ2) is 7.46. The summed E-state index contributed by atoms with van der Waals surface area (Å²) in [5, 5.41) is 0. The van der Waals surface area contributed by atoms with Crippen molar-refractivity contribution in [3.8, 4) is 0 Å². The molecule has 0 fully saturated rings. The maximum atomic E-state index is 11.4. The zero-order chi connectivity index (χ0) is 10.9. The molecule has 0 radical (unpaired) electrons. The van der Waals surface area contributed by atoms with E-state index >= 15 is 0 Å². The van der Waals surface area contributed by atoms with Gasteiger partial charge in [0.1, 0.15) is 5.76 Å². The van der Waals surface area contributed by atoms with Crippen LogP contribution < -0.4 is 0 Å². The third kappa shape index (κ3) is 5.57. The molecule has 0 aromatic heterocycles. The molecule has 86 valence electrons. The maximum Gasteiger partial charge on any atom is 0.310 e. The van der Waals surface area contributed by atoms with Crippen molar-refractivity contribution in [2.75, 3.05) is 13.2 Å². The van der Waals surface area contributed by atoms with Crippen LogP contribution in [0.2, 0.25) is 0 Å². The van der Waals surface area contributed by atoms with Crippen molar-refractivity contribution in [1.29, 1.82) is 0 Å². The molecular formula is C12H20O3. The predicted molar refractivity (Wildman–Crippen MR) is 58.4 cm³/mol. The van der Waals surface area contributed by atoms with E-state index in [1.807, 2.05) is 13.0 Å². The Morgan fingerprint density at radius 1 is 1.47 bits per heavy atom. The second-order valence-electron chi connectivity index (χ2n) is 3.69. The lowest BCUT2D eigenvalue weighted by atomic mass is 10.1. The molecule has 0 saturated heterocycles. The van der Waals surface area contributed by atoms with Crippen molar-refractivity contribution < 1.29 is 14.3 Å². The number of esters is 1. The van der Waals surface area contributed by atoms with E-state index in [2.05, 4.69) is 0 Å². The normalized spacial score (nSPS) is 15.9. The summed E-state index contributed by atoms with van der Waals surface area (Å²) in [4.78, 5) is 11.4. The topological polar surface area (TPSA) is 35.5 Å². The van der Waals surface area contributed by atoms with Gasteiger partial charge in [0.15, 0.2) is 0 Å². The van der Waals surface area contributed by atoms with Crippen LogP contribution in [-0.4, -0.2) is 19.2 Å². The molecule has 0 heterocycles. The van der Waals surface area contributed by atoms with Crippen molar-refractivity contribution in [1.82, 2.24) is 0 Å². The van der Waals surface area contributed by atoms with Crippen LogP contribution in [0.1, 0.15) is 45.4 Å². The van der Waals surface area contributed by atoms with Crippen molar-refractivity contribution >= 4 is 5.97 Å². The summed E-state index contributed by atoms with van der Waals surface area (Å²) in [6, 6.07) is 0. The first-order valence-corrected chi connectivity index (χ1v) is 5.80. The second-order valence-corrected chi connectivity index (χ2v) is 3.69. The number of carbonyl (C=O) groups excluding carboxylic acids is 1. The third-order valence-electron chi connectivity index (χ3n) is 2.37. The fourth-order valence-electron chi connectivity index (χ4n) is 1.56. The summed E-state index contributed by atoms with van der Waals surface area (Å²) < 4.78 is 10.4. The van der Waals surface area contributed by atoms with E-state index in [1.54, 1.807) is 0 Å². The van der Waals surface area contributed by atoms with E-state index in [-0.39, 0.29) is 5.97 Å². The van der Waals surface area contributed by atoms with Gasteiger partial charge in [0.05, 0.1) is 0 Å². The van der Waals surface area contributed by atoms with Crippen LogP contribution in [0.15, 0.2) is 11.8 Å². The molecule has 1 aliphatic rings. The SMILES string of the molecule is CCOCCCC(=O)OC1=CCCCC1. The third-order valence-corrected chi connectivity index (χ3v) is 2.37. The molecule has 0 N–H and O–H groups in total. The van der Waals surface area contributed by atoms with Gasteiger partial charge in [0.25, 0.3) is 0 Å². The molecule has 3 nitrogen and oxygen atoms in total. The van der Waals surface area contributed by atoms with Crippen LogP contribution >= 0.6 is 0 Å². The monoisotopic (exact) mass is 212 g/mol. The first-order valence-electron chi connectivity index (χ1n) is 5.80. The van der Waals surface area contributed by atoms with E-state index in [0.29, 0.717) is 19.6 Å². The average molecular weight is 212 g/mol. The Bertz CT molecular complexity index is 221. The molecule has 0 unspecified atom stereocenters.